The molecule has 0 unspecified atom stereocenters. The molecule has 0 aromatic rings. The van der Waals surface area contributed by atoms with Crippen molar-refractivity contribution in [2.45, 2.75) is 24.4 Å². The van der Waals surface area contributed by atoms with Crippen molar-refractivity contribution in [2.24, 2.45) is 0 Å². The van der Waals surface area contributed by atoms with Crippen LogP contribution in [0.5, 0.6) is 0 Å². The number of aliphatic hydroxyl groups excluding tert-OH is 3. The highest BCUT2D eigenvalue weighted by Crippen LogP contribution is 2.07. The normalized spacial score (nSPS) is 19.4. The highest BCUT2D eigenvalue weighted by molar-refractivity contribution is 5.73. The van der Waals surface area contributed by atoms with Gasteiger partial charge in [-0.2, -0.15) is 0 Å². The number of rotatable bonds is 6. The number of aliphatic hydroxyl groups is 3. The average Bonchev–Trinajstić information content (AvgIpc) is 2.16. The van der Waals surface area contributed by atoms with Gasteiger partial charge in [-0.05, 0) is 0 Å². The monoisotopic (exact) mass is 208 g/mol. The number of carbonyl (C=O) groups excluding carboxylic acids is 1. The topological polar surface area (TPSA) is 124 Å². The zero-order valence-electron chi connectivity index (χ0n) is 7.40. The summed E-state index contributed by atoms with van der Waals surface area (Å²) < 4.78 is 4.48. The van der Waals surface area contributed by atoms with E-state index in [-0.39, 0.29) is 6.29 Å². The average molecular weight is 208 g/mol. The van der Waals surface area contributed by atoms with E-state index in [1.54, 1.807) is 0 Å². The van der Waals surface area contributed by atoms with E-state index in [4.69, 9.17) is 15.3 Å². The Kier molecular flexibility index (Phi) is 5.24. The number of carboxylic acid groups (broad SMARTS) is 1. The first-order valence-electron chi connectivity index (χ1n) is 3.70. The molecule has 0 amide bonds. The second kappa shape index (κ2) is 5.66. The lowest BCUT2D eigenvalue weighted by Crippen LogP contribution is -2.49. The van der Waals surface area contributed by atoms with Gasteiger partial charge in [-0.3, -0.25) is 0 Å². The Labute approximate surface area is 79.5 Å². The van der Waals surface area contributed by atoms with Gasteiger partial charge in [0.25, 0.3) is 0 Å². The molecule has 0 rings (SSSR count). The largest absolute Gasteiger partial charge is 0.479 e. The first kappa shape index (κ1) is 13.0. The van der Waals surface area contributed by atoms with E-state index in [1.165, 1.54) is 0 Å². The molecule has 7 nitrogen and oxygen atoms in total. The predicted molar refractivity (Wildman–Crippen MR) is 42.5 cm³/mol. The first-order valence-corrected chi connectivity index (χ1v) is 3.70. The van der Waals surface area contributed by atoms with Crippen molar-refractivity contribution in [3.8, 4) is 0 Å². The maximum absolute atomic E-state index is 10.2. The molecule has 0 bridgehead atoms. The van der Waals surface area contributed by atoms with Crippen LogP contribution in [-0.2, 0) is 14.3 Å². The van der Waals surface area contributed by atoms with Crippen LogP contribution < -0.4 is 0 Å². The molecule has 0 fully saturated rings. The van der Waals surface area contributed by atoms with Crippen LogP contribution in [0.25, 0.3) is 0 Å². The quantitative estimate of drug-likeness (QED) is 0.352. The minimum atomic E-state index is -2.12. The summed E-state index contributed by atoms with van der Waals surface area (Å²) >= 11 is 0. The Balaban J connectivity index is 4.52. The van der Waals surface area contributed by atoms with Crippen LogP contribution in [0.1, 0.15) is 0 Å². The summed E-state index contributed by atoms with van der Waals surface area (Å²) in [4.78, 5) is 20.4. The maximum Gasteiger partial charge on any atom is 0.335 e. The summed E-state index contributed by atoms with van der Waals surface area (Å²) in [6.07, 6.45) is -7.08. The van der Waals surface area contributed by atoms with Gasteiger partial charge in [0.2, 0.25) is 0 Å². The molecule has 4 N–H and O–H groups in total. The zero-order valence-corrected chi connectivity index (χ0v) is 7.40. The highest BCUT2D eigenvalue weighted by Gasteiger charge is 2.35. The van der Waals surface area contributed by atoms with E-state index in [0.717, 1.165) is 7.11 Å². The molecular weight excluding hydrogens is 196 g/mol. The lowest BCUT2D eigenvalue weighted by Gasteiger charge is -2.24. The third-order valence-corrected chi connectivity index (χ3v) is 1.66. The summed E-state index contributed by atoms with van der Waals surface area (Å²) in [6.45, 7) is 0. The summed E-state index contributed by atoms with van der Waals surface area (Å²) in [5.74, 6) is -1.67. The standard InChI is InChI=1S/C7H12O7/c1-14-6(3(9)2-8)4(10)5(11)7(12)13/h2-6,9-11H,1H3,(H,12,13)/t3-,4+,5-,6+/m0/s1. The Bertz CT molecular complexity index is 204. The van der Waals surface area contributed by atoms with Crippen molar-refractivity contribution >= 4 is 12.3 Å². The molecule has 0 heterocycles. The molecule has 0 aliphatic carbocycles. The van der Waals surface area contributed by atoms with Crippen molar-refractivity contribution in [3.05, 3.63) is 0 Å². The van der Waals surface area contributed by atoms with Crippen LogP contribution in [-0.4, -0.2) is 64.2 Å². The van der Waals surface area contributed by atoms with Crippen LogP contribution in [0, 0.1) is 0 Å². The smallest absolute Gasteiger partial charge is 0.335 e. The SMILES string of the molecule is CO[C@@H]([C@H](O)[C@H](O)C(=O)O)[C@@H](O)C=O. The molecule has 0 aromatic heterocycles. The third kappa shape index (κ3) is 3.04. The molecule has 0 aromatic carbocycles. The summed E-state index contributed by atoms with van der Waals surface area (Å²) in [7, 11) is 1.06. The van der Waals surface area contributed by atoms with Gasteiger partial charge in [0.15, 0.2) is 12.4 Å². The minimum Gasteiger partial charge on any atom is -0.479 e. The molecule has 14 heavy (non-hydrogen) atoms. The number of carboxylic acids is 1. The van der Waals surface area contributed by atoms with Gasteiger partial charge in [0.1, 0.15) is 18.3 Å². The van der Waals surface area contributed by atoms with Gasteiger partial charge >= 0.3 is 5.97 Å². The van der Waals surface area contributed by atoms with Crippen molar-refractivity contribution in [1.29, 1.82) is 0 Å². The lowest BCUT2D eigenvalue weighted by molar-refractivity contribution is -0.166. The van der Waals surface area contributed by atoms with Gasteiger partial charge in [-0.25, -0.2) is 4.79 Å². The fourth-order valence-corrected chi connectivity index (χ4v) is 0.884. The van der Waals surface area contributed by atoms with Crippen LogP contribution >= 0.6 is 0 Å². The van der Waals surface area contributed by atoms with Gasteiger partial charge in [-0.1, -0.05) is 0 Å². The molecule has 0 saturated heterocycles. The number of carbonyl (C=O) groups is 2. The highest BCUT2D eigenvalue weighted by atomic mass is 16.5. The first-order chi connectivity index (χ1) is 6.45. The van der Waals surface area contributed by atoms with Gasteiger partial charge in [0, 0.05) is 7.11 Å². The van der Waals surface area contributed by atoms with E-state index in [1.807, 2.05) is 0 Å². The molecule has 82 valence electrons. The fraction of sp³-hybridized carbons (Fsp3) is 0.714. The molecule has 0 spiro atoms. The van der Waals surface area contributed by atoms with Crippen molar-refractivity contribution < 1.29 is 34.8 Å². The van der Waals surface area contributed by atoms with E-state index in [0.29, 0.717) is 0 Å². The van der Waals surface area contributed by atoms with Crippen molar-refractivity contribution in [3.63, 3.8) is 0 Å². The van der Waals surface area contributed by atoms with E-state index < -0.39 is 30.4 Å². The molecule has 0 radical (unpaired) electrons. The molecule has 0 saturated carbocycles. The molecule has 0 aliphatic heterocycles. The van der Waals surface area contributed by atoms with Crippen molar-refractivity contribution in [2.75, 3.05) is 7.11 Å². The third-order valence-electron chi connectivity index (χ3n) is 1.66. The Morgan fingerprint density at radius 3 is 2.14 bits per heavy atom. The molecule has 7 heteroatoms. The molecule has 4 atom stereocenters. The van der Waals surface area contributed by atoms with Gasteiger partial charge in [0.05, 0.1) is 0 Å². The number of methoxy groups -OCH3 is 1. The Hall–Kier alpha value is -1.02. The van der Waals surface area contributed by atoms with Crippen LogP contribution in [0.4, 0.5) is 0 Å². The van der Waals surface area contributed by atoms with Gasteiger partial charge < -0.3 is 30.0 Å². The minimum absolute atomic E-state index is 0.0754. The van der Waals surface area contributed by atoms with E-state index in [9.17, 15) is 14.7 Å². The van der Waals surface area contributed by atoms with E-state index in [2.05, 4.69) is 4.74 Å². The maximum atomic E-state index is 10.2. The summed E-state index contributed by atoms with van der Waals surface area (Å²) in [5.41, 5.74) is 0. The summed E-state index contributed by atoms with van der Waals surface area (Å²) in [5, 5.41) is 35.3. The van der Waals surface area contributed by atoms with Crippen LogP contribution in [0.15, 0.2) is 0 Å². The zero-order chi connectivity index (χ0) is 11.3. The predicted octanol–water partition coefficient (Wildman–Crippen LogP) is -2.63. The second-order valence-electron chi connectivity index (χ2n) is 2.60. The number of hydrogen-bond donors (Lipinski definition) is 4. The van der Waals surface area contributed by atoms with Gasteiger partial charge in [-0.15, -0.1) is 0 Å². The Morgan fingerprint density at radius 1 is 1.36 bits per heavy atom. The number of ether oxygens (including phenoxy) is 1. The molecule has 0 aliphatic rings. The lowest BCUT2D eigenvalue weighted by atomic mass is 10.0. The number of aliphatic carboxylic acids is 1. The molecular formula is C7H12O7. The van der Waals surface area contributed by atoms with E-state index >= 15 is 0 Å². The van der Waals surface area contributed by atoms with Crippen molar-refractivity contribution in [1.82, 2.24) is 0 Å². The summed E-state index contributed by atoms with van der Waals surface area (Å²) in [6, 6.07) is 0. The van der Waals surface area contributed by atoms with Crippen LogP contribution in [0.3, 0.4) is 0 Å². The number of hydrogen-bond acceptors (Lipinski definition) is 6. The number of aldehydes is 1. The Morgan fingerprint density at radius 2 is 1.86 bits per heavy atom. The van der Waals surface area contributed by atoms with Crippen LogP contribution in [0.2, 0.25) is 0 Å². The fourth-order valence-electron chi connectivity index (χ4n) is 0.884. The second-order valence-corrected chi connectivity index (χ2v) is 2.60.